The summed E-state index contributed by atoms with van der Waals surface area (Å²) >= 11 is 0. The number of fused-ring (bicyclic) bond motifs is 1. The van der Waals surface area contributed by atoms with Gasteiger partial charge in [-0.1, -0.05) is 30.3 Å². The molecule has 1 aliphatic carbocycles. The average Bonchev–Trinajstić information content (AvgIpc) is 3.61. The molecule has 1 saturated carbocycles. The molecule has 2 aromatic carbocycles. The first-order valence-corrected chi connectivity index (χ1v) is 12.6. The van der Waals surface area contributed by atoms with E-state index in [0.29, 0.717) is 12.5 Å². The summed E-state index contributed by atoms with van der Waals surface area (Å²) in [4.78, 5) is 27.2. The van der Waals surface area contributed by atoms with Crippen LogP contribution in [0, 0.1) is 0 Å². The van der Waals surface area contributed by atoms with E-state index in [0.717, 1.165) is 50.0 Å². The Labute approximate surface area is 218 Å². The molecule has 36 heavy (non-hydrogen) atoms. The van der Waals surface area contributed by atoms with Crippen LogP contribution in [0.2, 0.25) is 0 Å². The van der Waals surface area contributed by atoms with Crippen molar-refractivity contribution < 1.29 is 19.1 Å². The maximum atomic E-state index is 12.6. The molecule has 0 spiro atoms. The van der Waals surface area contributed by atoms with Crippen molar-refractivity contribution in [1.82, 2.24) is 9.88 Å². The van der Waals surface area contributed by atoms with E-state index in [1.807, 2.05) is 24.0 Å². The molecular weight excluding hydrogens is 476 g/mol. The highest BCUT2D eigenvalue weighted by Crippen LogP contribution is 2.47. The van der Waals surface area contributed by atoms with Gasteiger partial charge in [-0.05, 0) is 66.5 Å². The van der Waals surface area contributed by atoms with Crippen molar-refractivity contribution in [2.75, 3.05) is 19.7 Å². The number of piperidine rings is 1. The van der Waals surface area contributed by atoms with E-state index in [1.54, 1.807) is 0 Å². The fourth-order valence-electron chi connectivity index (χ4n) is 5.28. The quantitative estimate of drug-likeness (QED) is 0.451. The number of benzene rings is 2. The van der Waals surface area contributed by atoms with Crippen LogP contribution in [0.5, 0.6) is 5.75 Å². The molecule has 0 N–H and O–H groups in total. The summed E-state index contributed by atoms with van der Waals surface area (Å²) in [5.41, 5.74) is 5.04. The van der Waals surface area contributed by atoms with Gasteiger partial charge in [0.25, 0.3) is 5.91 Å². The van der Waals surface area contributed by atoms with E-state index in [2.05, 4.69) is 42.5 Å². The number of rotatable bonds is 5. The molecule has 3 heterocycles. The van der Waals surface area contributed by atoms with E-state index < -0.39 is 0 Å². The normalized spacial score (nSPS) is 19.8. The fourth-order valence-corrected chi connectivity index (χ4v) is 5.28. The SMILES string of the molecule is C=O.Cl.O=C([C@H]1CCCO1)N1CCC(Oc2ccc(-c3ccc4cccnc4c3C3CC3)cc2)CC1. The van der Waals surface area contributed by atoms with Crippen LogP contribution in [-0.4, -0.2) is 54.5 Å². The molecule has 3 fully saturated rings. The second-order valence-corrected chi connectivity index (χ2v) is 9.54. The van der Waals surface area contributed by atoms with E-state index >= 15 is 0 Å². The van der Waals surface area contributed by atoms with E-state index in [-0.39, 0.29) is 30.5 Å². The summed E-state index contributed by atoms with van der Waals surface area (Å²) in [7, 11) is 0. The van der Waals surface area contributed by atoms with Gasteiger partial charge in [-0.2, -0.15) is 0 Å². The van der Waals surface area contributed by atoms with Crippen LogP contribution >= 0.6 is 12.4 Å². The number of hydrogen-bond acceptors (Lipinski definition) is 5. The number of hydrogen-bond donors (Lipinski definition) is 0. The molecule has 1 amide bonds. The Bertz CT molecular complexity index is 1170. The van der Waals surface area contributed by atoms with Gasteiger partial charge in [0.15, 0.2) is 0 Å². The first-order valence-electron chi connectivity index (χ1n) is 12.6. The average molecular weight is 509 g/mol. The summed E-state index contributed by atoms with van der Waals surface area (Å²) in [5, 5.41) is 1.22. The van der Waals surface area contributed by atoms with Crippen molar-refractivity contribution in [2.24, 2.45) is 0 Å². The first-order chi connectivity index (χ1) is 17.3. The number of ether oxygens (including phenoxy) is 2. The van der Waals surface area contributed by atoms with Gasteiger partial charge in [-0.3, -0.25) is 9.78 Å². The summed E-state index contributed by atoms with van der Waals surface area (Å²) in [5.74, 6) is 1.68. The lowest BCUT2D eigenvalue weighted by Gasteiger charge is -2.33. The number of carbonyl (C=O) groups is 2. The largest absolute Gasteiger partial charge is 0.490 e. The Morgan fingerprint density at radius 3 is 2.39 bits per heavy atom. The highest BCUT2D eigenvalue weighted by Gasteiger charge is 2.32. The van der Waals surface area contributed by atoms with Crippen LogP contribution in [0.15, 0.2) is 54.7 Å². The molecule has 3 aliphatic rings. The molecule has 190 valence electrons. The molecule has 6 rings (SSSR count). The topological polar surface area (TPSA) is 68.7 Å². The molecule has 1 aromatic heterocycles. The Morgan fingerprint density at radius 1 is 0.972 bits per heavy atom. The molecule has 0 bridgehead atoms. The van der Waals surface area contributed by atoms with Crippen LogP contribution in [0.25, 0.3) is 22.0 Å². The Hall–Kier alpha value is -2.96. The maximum Gasteiger partial charge on any atom is 0.251 e. The van der Waals surface area contributed by atoms with Crippen molar-refractivity contribution in [3.63, 3.8) is 0 Å². The smallest absolute Gasteiger partial charge is 0.251 e. The van der Waals surface area contributed by atoms with E-state index in [9.17, 15) is 4.79 Å². The molecule has 7 heteroatoms. The van der Waals surface area contributed by atoms with Gasteiger partial charge in [0.2, 0.25) is 0 Å². The maximum absolute atomic E-state index is 12.6. The van der Waals surface area contributed by atoms with Gasteiger partial charge in [0.1, 0.15) is 24.7 Å². The van der Waals surface area contributed by atoms with Crippen molar-refractivity contribution in [2.45, 2.75) is 56.7 Å². The van der Waals surface area contributed by atoms with Crippen molar-refractivity contribution in [3.05, 3.63) is 60.3 Å². The third kappa shape index (κ3) is 5.55. The molecule has 0 radical (unpaired) electrons. The Morgan fingerprint density at radius 2 is 1.72 bits per heavy atom. The molecule has 6 nitrogen and oxygen atoms in total. The Balaban J connectivity index is 0.000000990. The lowest BCUT2D eigenvalue weighted by molar-refractivity contribution is -0.142. The molecular formula is C29H33ClN2O4. The van der Waals surface area contributed by atoms with Crippen molar-refractivity contribution >= 4 is 36.0 Å². The lowest BCUT2D eigenvalue weighted by Crippen LogP contribution is -2.45. The number of likely N-dealkylation sites (tertiary alicyclic amines) is 1. The predicted molar refractivity (Wildman–Crippen MR) is 143 cm³/mol. The molecule has 0 unspecified atom stereocenters. The number of nitrogens with zero attached hydrogens (tertiary/aromatic N) is 2. The van der Waals surface area contributed by atoms with Crippen LogP contribution in [-0.2, 0) is 14.3 Å². The van der Waals surface area contributed by atoms with Gasteiger partial charge in [-0.15, -0.1) is 12.4 Å². The van der Waals surface area contributed by atoms with Crippen molar-refractivity contribution in [1.29, 1.82) is 0 Å². The zero-order valence-corrected chi connectivity index (χ0v) is 21.3. The van der Waals surface area contributed by atoms with E-state index in [4.69, 9.17) is 19.3 Å². The highest BCUT2D eigenvalue weighted by atomic mass is 35.5. The minimum absolute atomic E-state index is 0. The summed E-state index contributed by atoms with van der Waals surface area (Å²) in [6.45, 7) is 4.20. The number of pyridine rings is 1. The fraction of sp³-hybridized carbons (Fsp3) is 0.414. The third-order valence-electron chi connectivity index (χ3n) is 7.23. The Kier molecular flexibility index (Phi) is 8.60. The first kappa shape index (κ1) is 26.1. The second-order valence-electron chi connectivity index (χ2n) is 9.54. The molecule has 1 atom stereocenters. The number of amides is 1. The zero-order valence-electron chi connectivity index (χ0n) is 20.4. The summed E-state index contributed by atoms with van der Waals surface area (Å²) in [6, 6.07) is 17.1. The van der Waals surface area contributed by atoms with Gasteiger partial charge < -0.3 is 19.2 Å². The molecule has 3 aromatic rings. The monoisotopic (exact) mass is 508 g/mol. The summed E-state index contributed by atoms with van der Waals surface area (Å²) in [6.07, 6.45) is 7.90. The summed E-state index contributed by atoms with van der Waals surface area (Å²) < 4.78 is 11.8. The van der Waals surface area contributed by atoms with E-state index in [1.165, 1.54) is 34.9 Å². The minimum atomic E-state index is -0.221. The van der Waals surface area contributed by atoms with Gasteiger partial charge >= 0.3 is 0 Å². The standard InChI is InChI=1S/C28H30N2O3.CH2O.ClH/c31-28(25-4-2-18-32-25)30-16-13-23(14-17-30)33-22-10-7-19(8-11-22)24-12-9-21-3-1-15-29-27(21)26(24)20-5-6-20;1-2;/h1,3,7-12,15,20,23,25H,2,4-6,13-14,16-18H2;1H2;1H/t25-;;/m1../s1. The molecule has 2 saturated heterocycles. The second kappa shape index (κ2) is 11.8. The van der Waals surface area contributed by atoms with Crippen molar-refractivity contribution in [3.8, 4) is 16.9 Å². The van der Waals surface area contributed by atoms with Crippen LogP contribution in [0.1, 0.15) is 50.0 Å². The minimum Gasteiger partial charge on any atom is -0.490 e. The van der Waals surface area contributed by atoms with Crippen LogP contribution < -0.4 is 4.74 Å². The van der Waals surface area contributed by atoms with Gasteiger partial charge in [0, 0.05) is 44.1 Å². The van der Waals surface area contributed by atoms with Gasteiger partial charge in [-0.25, -0.2) is 0 Å². The van der Waals surface area contributed by atoms with Gasteiger partial charge in [0.05, 0.1) is 5.52 Å². The third-order valence-corrected chi connectivity index (χ3v) is 7.23. The number of halogens is 1. The molecule has 2 aliphatic heterocycles. The lowest BCUT2D eigenvalue weighted by atomic mass is 9.94. The number of aromatic nitrogens is 1. The predicted octanol–water partition coefficient (Wildman–Crippen LogP) is 5.56. The number of carbonyl (C=O) groups excluding carboxylic acids is 2. The highest BCUT2D eigenvalue weighted by molar-refractivity contribution is 5.90. The van der Waals surface area contributed by atoms with Crippen LogP contribution in [0.4, 0.5) is 0 Å². The zero-order chi connectivity index (χ0) is 24.2. The van der Waals surface area contributed by atoms with Crippen LogP contribution in [0.3, 0.4) is 0 Å².